The number of nitrogens with zero attached hydrogens (tertiary/aromatic N) is 2. The maximum Gasteiger partial charge on any atom is 0.343 e. The molecule has 6 heteroatoms. The highest BCUT2D eigenvalue weighted by atomic mass is 16.6. The average Bonchev–Trinajstić information content (AvgIpc) is 3.02. The lowest BCUT2D eigenvalue weighted by molar-refractivity contribution is -0.177. The number of fused-ring (bicyclic) bond motifs is 5. The largest absolute Gasteiger partial charge is 0.455 e. The molecule has 2 aliphatic heterocycles. The van der Waals surface area contributed by atoms with Crippen molar-refractivity contribution in [3.8, 4) is 11.4 Å². The highest BCUT2D eigenvalue weighted by Gasteiger charge is 2.47. The third-order valence-electron chi connectivity index (χ3n) is 5.70. The second-order valence-electron chi connectivity index (χ2n) is 7.20. The summed E-state index contributed by atoms with van der Waals surface area (Å²) >= 11 is 0. The van der Waals surface area contributed by atoms with E-state index in [1.807, 2.05) is 30.3 Å². The molecule has 0 aliphatic carbocycles. The topological polar surface area (TPSA) is 81.4 Å². The van der Waals surface area contributed by atoms with E-state index < -0.39 is 17.7 Å². The van der Waals surface area contributed by atoms with Crippen molar-refractivity contribution in [3.05, 3.63) is 63.4 Å². The number of para-hydroxylation sites is 1. The predicted octanol–water partition coefficient (Wildman–Crippen LogP) is 2.64. The molecule has 2 aliphatic rings. The van der Waals surface area contributed by atoms with Crippen LogP contribution in [0.15, 0.2) is 41.2 Å². The number of aliphatic hydroxyl groups is 1. The van der Waals surface area contributed by atoms with Gasteiger partial charge in [0.1, 0.15) is 6.10 Å². The smallest absolute Gasteiger partial charge is 0.343 e. The second kappa shape index (κ2) is 5.27. The summed E-state index contributed by atoms with van der Waals surface area (Å²) in [5, 5.41) is 12.0. The molecular formula is C21H18N2O4. The van der Waals surface area contributed by atoms with Crippen molar-refractivity contribution < 1.29 is 14.6 Å². The molecule has 27 heavy (non-hydrogen) atoms. The van der Waals surface area contributed by atoms with Gasteiger partial charge in [0.2, 0.25) is 0 Å². The van der Waals surface area contributed by atoms with Gasteiger partial charge in [0.05, 0.1) is 29.0 Å². The van der Waals surface area contributed by atoms with Gasteiger partial charge in [-0.25, -0.2) is 9.78 Å². The SMILES string of the molecule is CC[C@@]1(O)C(=O)O[C@H](C)c2c1cc1n(c2=O)Cc2cc3ccccc3nc2-1. The number of carbonyl (C=O) groups is 1. The molecule has 0 amide bonds. The number of carbonyl (C=O) groups excluding carboxylic acids is 1. The Morgan fingerprint density at radius 2 is 2.07 bits per heavy atom. The summed E-state index contributed by atoms with van der Waals surface area (Å²) in [6, 6.07) is 11.6. The van der Waals surface area contributed by atoms with E-state index >= 15 is 0 Å². The molecule has 2 aromatic heterocycles. The number of hydrogen-bond donors (Lipinski definition) is 1. The highest BCUT2D eigenvalue weighted by Crippen LogP contribution is 2.41. The Morgan fingerprint density at radius 3 is 2.85 bits per heavy atom. The third-order valence-corrected chi connectivity index (χ3v) is 5.70. The first-order valence-electron chi connectivity index (χ1n) is 9.04. The van der Waals surface area contributed by atoms with Crippen LogP contribution in [-0.2, 0) is 21.7 Å². The maximum absolute atomic E-state index is 13.2. The van der Waals surface area contributed by atoms with Gasteiger partial charge in [-0.3, -0.25) is 4.79 Å². The van der Waals surface area contributed by atoms with Gasteiger partial charge in [0.15, 0.2) is 5.60 Å². The van der Waals surface area contributed by atoms with E-state index in [0.29, 0.717) is 23.4 Å². The lowest BCUT2D eigenvalue weighted by Gasteiger charge is -2.34. The highest BCUT2D eigenvalue weighted by molar-refractivity contribution is 5.86. The van der Waals surface area contributed by atoms with Crippen LogP contribution in [0.4, 0.5) is 0 Å². The Bertz CT molecular complexity index is 1200. The number of esters is 1. The van der Waals surface area contributed by atoms with Gasteiger partial charge in [0, 0.05) is 16.5 Å². The molecule has 136 valence electrons. The lowest BCUT2D eigenvalue weighted by Crippen LogP contribution is -2.45. The minimum absolute atomic E-state index is 0.131. The first-order chi connectivity index (χ1) is 12.9. The van der Waals surface area contributed by atoms with E-state index in [1.54, 1.807) is 24.5 Å². The van der Waals surface area contributed by atoms with Crippen molar-refractivity contribution in [3.63, 3.8) is 0 Å². The van der Waals surface area contributed by atoms with Gasteiger partial charge in [-0.05, 0) is 31.5 Å². The van der Waals surface area contributed by atoms with Crippen molar-refractivity contribution in [2.24, 2.45) is 0 Å². The molecule has 1 N–H and O–H groups in total. The fourth-order valence-corrected chi connectivity index (χ4v) is 4.18. The summed E-state index contributed by atoms with van der Waals surface area (Å²) in [6.07, 6.45) is -0.563. The minimum atomic E-state index is -1.81. The van der Waals surface area contributed by atoms with Gasteiger partial charge in [0.25, 0.3) is 5.56 Å². The first-order valence-corrected chi connectivity index (χ1v) is 9.04. The van der Waals surface area contributed by atoms with E-state index in [2.05, 4.69) is 0 Å². The number of rotatable bonds is 1. The van der Waals surface area contributed by atoms with Crippen LogP contribution in [0.5, 0.6) is 0 Å². The third kappa shape index (κ3) is 2.01. The zero-order valence-electron chi connectivity index (χ0n) is 15.0. The number of hydrogen-bond acceptors (Lipinski definition) is 5. The average molecular weight is 362 g/mol. The summed E-state index contributed by atoms with van der Waals surface area (Å²) in [5.74, 6) is -0.709. The summed E-state index contributed by atoms with van der Waals surface area (Å²) < 4.78 is 6.94. The van der Waals surface area contributed by atoms with Crippen LogP contribution in [0.3, 0.4) is 0 Å². The summed E-state index contributed by atoms with van der Waals surface area (Å²) in [6.45, 7) is 3.78. The molecule has 5 rings (SSSR count). The van der Waals surface area contributed by atoms with Crippen LogP contribution in [-0.4, -0.2) is 20.6 Å². The zero-order chi connectivity index (χ0) is 18.9. The standard InChI is InChI=1S/C21H18N2O4/c1-3-21(26)14-9-16-18-13(8-12-6-4-5-7-15(12)22-18)10-23(16)19(24)17(14)11(2)27-20(21)25/h4-9,11,26H,3,10H2,1-2H3/t11-,21+/m1/s1. The number of aromatic nitrogens is 2. The molecule has 4 heterocycles. The number of ether oxygens (including phenoxy) is 1. The van der Waals surface area contributed by atoms with Gasteiger partial charge < -0.3 is 14.4 Å². The van der Waals surface area contributed by atoms with Crippen LogP contribution in [0.25, 0.3) is 22.3 Å². The first kappa shape index (κ1) is 16.2. The fourth-order valence-electron chi connectivity index (χ4n) is 4.18. The molecule has 1 aromatic carbocycles. The van der Waals surface area contributed by atoms with Crippen LogP contribution >= 0.6 is 0 Å². The van der Waals surface area contributed by atoms with E-state index in [-0.39, 0.29) is 12.0 Å². The maximum atomic E-state index is 13.2. The minimum Gasteiger partial charge on any atom is -0.455 e. The quantitative estimate of drug-likeness (QED) is 0.527. The summed E-state index contributed by atoms with van der Waals surface area (Å²) in [7, 11) is 0. The van der Waals surface area contributed by atoms with Crippen LogP contribution in [0, 0.1) is 0 Å². The summed E-state index contributed by atoms with van der Waals surface area (Å²) in [4.78, 5) is 30.3. The van der Waals surface area contributed by atoms with E-state index in [9.17, 15) is 14.7 Å². The molecular weight excluding hydrogens is 344 g/mol. The van der Waals surface area contributed by atoms with Crippen molar-refractivity contribution in [1.29, 1.82) is 0 Å². The second-order valence-corrected chi connectivity index (χ2v) is 7.20. The number of benzene rings is 1. The van der Waals surface area contributed by atoms with E-state index in [4.69, 9.17) is 9.72 Å². The fraction of sp³-hybridized carbons (Fsp3) is 0.286. The Labute approximate surface area is 155 Å². The Kier molecular flexibility index (Phi) is 3.16. The molecule has 0 fully saturated rings. The molecule has 6 nitrogen and oxygen atoms in total. The van der Waals surface area contributed by atoms with Crippen LogP contribution in [0.1, 0.15) is 43.1 Å². The molecule has 0 spiro atoms. The van der Waals surface area contributed by atoms with Crippen molar-refractivity contribution in [1.82, 2.24) is 9.55 Å². The van der Waals surface area contributed by atoms with Gasteiger partial charge in [-0.1, -0.05) is 25.1 Å². The number of pyridine rings is 2. The summed E-state index contributed by atoms with van der Waals surface area (Å²) in [5.41, 5.74) is 1.79. The van der Waals surface area contributed by atoms with E-state index in [1.165, 1.54) is 0 Å². The van der Waals surface area contributed by atoms with E-state index in [0.717, 1.165) is 22.2 Å². The molecule has 2 atom stereocenters. The normalized spacial score (nSPS) is 22.9. The zero-order valence-corrected chi connectivity index (χ0v) is 15.0. The van der Waals surface area contributed by atoms with Gasteiger partial charge >= 0.3 is 5.97 Å². The van der Waals surface area contributed by atoms with Crippen molar-refractivity contribution in [2.45, 2.75) is 38.5 Å². The molecule has 0 unspecified atom stereocenters. The van der Waals surface area contributed by atoms with Crippen molar-refractivity contribution >= 4 is 16.9 Å². The van der Waals surface area contributed by atoms with Crippen LogP contribution in [0.2, 0.25) is 0 Å². The Balaban J connectivity index is 1.83. The molecule has 3 aromatic rings. The molecule has 0 bridgehead atoms. The Morgan fingerprint density at radius 1 is 1.30 bits per heavy atom. The van der Waals surface area contributed by atoms with Gasteiger partial charge in [-0.2, -0.15) is 0 Å². The Hall–Kier alpha value is -2.99. The molecule has 0 saturated heterocycles. The molecule has 0 saturated carbocycles. The number of cyclic esters (lactones) is 1. The van der Waals surface area contributed by atoms with Gasteiger partial charge in [-0.15, -0.1) is 0 Å². The van der Waals surface area contributed by atoms with Crippen molar-refractivity contribution in [2.75, 3.05) is 0 Å². The lowest BCUT2D eigenvalue weighted by atomic mass is 9.84. The van der Waals surface area contributed by atoms with Crippen LogP contribution < -0.4 is 5.56 Å². The predicted molar refractivity (Wildman–Crippen MR) is 99.2 cm³/mol. The molecule has 0 radical (unpaired) electrons. The monoisotopic (exact) mass is 362 g/mol.